The number of para-hydroxylation sites is 2. The third kappa shape index (κ3) is 6.35. The van der Waals surface area contributed by atoms with Gasteiger partial charge in [-0.25, -0.2) is 0 Å². The van der Waals surface area contributed by atoms with Crippen LogP contribution in [0.2, 0.25) is 0 Å². The molecular formula is C69H49NO. The van der Waals surface area contributed by atoms with Gasteiger partial charge in [0.05, 0.1) is 10.8 Å². The maximum Gasteiger partial charge on any atom is 0.143 e. The van der Waals surface area contributed by atoms with Crippen molar-refractivity contribution in [1.29, 1.82) is 0 Å². The predicted molar refractivity (Wildman–Crippen MR) is 296 cm³/mol. The molecule has 10 aromatic carbocycles. The summed E-state index contributed by atoms with van der Waals surface area (Å²) in [5, 5.41) is 2.24. The molecule has 0 saturated heterocycles. The van der Waals surface area contributed by atoms with Crippen LogP contribution in [0.5, 0.6) is 0 Å². The fraction of sp³-hybridized carbons (Fsp3) is 0.0435. The van der Waals surface area contributed by atoms with E-state index in [0.29, 0.717) is 0 Å². The highest BCUT2D eigenvalue weighted by Gasteiger charge is 2.48. The van der Waals surface area contributed by atoms with Crippen LogP contribution in [0.25, 0.3) is 55.3 Å². The number of furan rings is 1. The van der Waals surface area contributed by atoms with Gasteiger partial charge in [0.15, 0.2) is 0 Å². The molecule has 2 nitrogen and oxygen atoms in total. The van der Waals surface area contributed by atoms with Crippen molar-refractivity contribution in [2.75, 3.05) is 4.90 Å². The van der Waals surface area contributed by atoms with Crippen molar-refractivity contribution in [3.05, 3.63) is 318 Å². The summed E-state index contributed by atoms with van der Waals surface area (Å²) in [6, 6.07) is 88.9. The van der Waals surface area contributed by atoms with Crippen LogP contribution in [0, 0.1) is 0 Å². The minimum absolute atomic E-state index is 0.565. The van der Waals surface area contributed by atoms with Crippen LogP contribution in [0.4, 0.5) is 17.1 Å². The molecule has 0 fully saturated rings. The van der Waals surface area contributed by atoms with Crippen LogP contribution in [-0.4, -0.2) is 0 Å². The van der Waals surface area contributed by atoms with Crippen molar-refractivity contribution >= 4 is 39.0 Å². The van der Waals surface area contributed by atoms with E-state index in [1.54, 1.807) is 0 Å². The molecular weight excluding hydrogens is 859 g/mol. The molecule has 1 heterocycles. The Balaban J connectivity index is 1.06. The van der Waals surface area contributed by atoms with Gasteiger partial charge in [-0.1, -0.05) is 231 Å². The van der Waals surface area contributed by atoms with E-state index in [2.05, 4.69) is 266 Å². The number of anilines is 3. The zero-order chi connectivity index (χ0) is 47.5. The van der Waals surface area contributed by atoms with Crippen LogP contribution < -0.4 is 4.90 Å². The number of benzene rings is 10. The summed E-state index contributed by atoms with van der Waals surface area (Å²) in [5.74, 6) is 0. The first kappa shape index (κ1) is 42.1. The minimum Gasteiger partial charge on any atom is -0.455 e. The molecule has 0 spiro atoms. The largest absolute Gasteiger partial charge is 0.455 e. The number of hydrogen-bond donors (Lipinski definition) is 0. The predicted octanol–water partition coefficient (Wildman–Crippen LogP) is 18.1. The molecule has 2 aliphatic rings. The Kier molecular flexibility index (Phi) is 10.0. The molecule has 336 valence electrons. The zero-order valence-electron chi connectivity index (χ0n) is 39.5. The van der Waals surface area contributed by atoms with E-state index in [0.717, 1.165) is 55.7 Å². The van der Waals surface area contributed by atoms with E-state index in [1.165, 1.54) is 61.2 Å². The molecule has 0 saturated carbocycles. The van der Waals surface area contributed by atoms with Gasteiger partial charge in [-0.2, -0.15) is 0 Å². The van der Waals surface area contributed by atoms with Gasteiger partial charge in [0, 0.05) is 33.4 Å². The second-order valence-corrected chi connectivity index (χ2v) is 18.7. The van der Waals surface area contributed by atoms with Crippen LogP contribution >= 0.6 is 0 Å². The summed E-state index contributed by atoms with van der Waals surface area (Å²) in [4.78, 5) is 2.45. The van der Waals surface area contributed by atoms with Crippen molar-refractivity contribution in [3.63, 3.8) is 0 Å². The van der Waals surface area contributed by atoms with Gasteiger partial charge in [0.1, 0.15) is 11.2 Å². The highest BCUT2D eigenvalue weighted by Crippen LogP contribution is 2.59. The number of allylic oxidation sites excluding steroid dienone is 5. The number of nitrogens with zero attached hydrogens (tertiary/aromatic N) is 1. The van der Waals surface area contributed by atoms with Crippen molar-refractivity contribution in [3.8, 4) is 33.4 Å². The van der Waals surface area contributed by atoms with Crippen molar-refractivity contribution in [2.45, 2.75) is 17.8 Å². The van der Waals surface area contributed by atoms with Gasteiger partial charge in [0.2, 0.25) is 0 Å². The van der Waals surface area contributed by atoms with Gasteiger partial charge >= 0.3 is 0 Å². The molecule has 1 aromatic heterocycles. The van der Waals surface area contributed by atoms with Crippen LogP contribution in [-0.2, 0) is 10.8 Å². The first-order valence-corrected chi connectivity index (χ1v) is 24.6. The van der Waals surface area contributed by atoms with Gasteiger partial charge in [0.25, 0.3) is 0 Å². The topological polar surface area (TPSA) is 16.4 Å². The summed E-state index contributed by atoms with van der Waals surface area (Å²) in [6.07, 6.45) is 8.45. The van der Waals surface area contributed by atoms with E-state index >= 15 is 0 Å². The minimum atomic E-state index is -0.655. The molecule has 1 atom stereocenters. The van der Waals surface area contributed by atoms with Crippen LogP contribution in [0.3, 0.4) is 0 Å². The zero-order valence-corrected chi connectivity index (χ0v) is 39.5. The maximum atomic E-state index is 6.57. The van der Waals surface area contributed by atoms with E-state index < -0.39 is 10.8 Å². The fourth-order valence-electron chi connectivity index (χ4n) is 12.1. The Morgan fingerprint density at radius 3 is 1.61 bits per heavy atom. The lowest BCUT2D eigenvalue weighted by atomic mass is 9.67. The Labute approximate surface area is 415 Å². The molecule has 0 amide bonds. The highest BCUT2D eigenvalue weighted by molar-refractivity contribution is 6.09. The van der Waals surface area contributed by atoms with Crippen molar-refractivity contribution in [2.24, 2.45) is 0 Å². The second kappa shape index (κ2) is 16.9. The Hall–Kier alpha value is -8.98. The quantitative estimate of drug-likeness (QED) is 0.127. The lowest BCUT2D eigenvalue weighted by Crippen LogP contribution is -2.29. The van der Waals surface area contributed by atoms with E-state index in [9.17, 15) is 0 Å². The first-order valence-electron chi connectivity index (χ1n) is 24.6. The molecule has 2 heteroatoms. The molecule has 1 unspecified atom stereocenters. The smallest absolute Gasteiger partial charge is 0.143 e. The van der Waals surface area contributed by atoms with Crippen LogP contribution in [0.1, 0.15) is 45.9 Å². The van der Waals surface area contributed by atoms with Crippen molar-refractivity contribution in [1.82, 2.24) is 0 Å². The molecule has 0 radical (unpaired) electrons. The second-order valence-electron chi connectivity index (χ2n) is 18.7. The SMILES string of the molecule is C=C(/C=C\C=C/C)C1(c2ccccc2)c2ccccc2-c2ccc(N(c3ccc(-c4cccc5c4oc4ccccc45)cc3)c3ccc4c(c3)C(c3ccccc3)(c3ccccc3)c3ccccc3-4)cc21. The monoisotopic (exact) mass is 907 g/mol. The third-order valence-corrected chi connectivity index (χ3v) is 15.1. The molecule has 0 bridgehead atoms. The standard InChI is InChI=1S/C69H49NO/c1-3-4-8-22-47(2)68(49-23-9-5-10-24-49)62-34-18-15-29-56(62)58-43-41-53(45-64(58)68)70(52-39-37-48(38-40-52)55-32-21-33-61-60-31-17-20-36-66(60)71-67(55)61)54-42-44-59-57-30-16-19-35-63(57)69(65(59)46-54,50-25-11-6-12-26-50)51-27-13-7-14-28-51/h3-46H,2H2,1H3/b4-3-,22-8-. The van der Waals surface area contributed by atoms with Gasteiger partial charge in [-0.3, -0.25) is 0 Å². The average Bonchev–Trinajstić information content (AvgIpc) is 4.07. The normalized spacial score (nSPS) is 15.2. The summed E-state index contributed by atoms with van der Waals surface area (Å²) in [5.41, 5.74) is 20.4. The molecule has 2 aliphatic carbocycles. The van der Waals surface area contributed by atoms with Crippen LogP contribution in [0.15, 0.2) is 284 Å². The molecule has 11 aromatic rings. The summed E-state index contributed by atoms with van der Waals surface area (Å²) < 4.78 is 6.57. The van der Waals surface area contributed by atoms with E-state index in [4.69, 9.17) is 11.0 Å². The lowest BCUT2D eigenvalue weighted by Gasteiger charge is -2.36. The Bertz CT molecular complexity index is 3860. The average molecular weight is 908 g/mol. The van der Waals surface area contributed by atoms with Gasteiger partial charge in [-0.05, 0) is 122 Å². The lowest BCUT2D eigenvalue weighted by molar-refractivity contribution is 0.670. The molecule has 71 heavy (non-hydrogen) atoms. The fourth-order valence-corrected chi connectivity index (χ4v) is 12.1. The highest BCUT2D eigenvalue weighted by atomic mass is 16.3. The molecule has 13 rings (SSSR count). The first-order chi connectivity index (χ1) is 35.1. The van der Waals surface area contributed by atoms with E-state index in [-0.39, 0.29) is 0 Å². The third-order valence-electron chi connectivity index (χ3n) is 15.1. The number of rotatable bonds is 10. The summed E-state index contributed by atoms with van der Waals surface area (Å²) in [6.45, 7) is 6.96. The Morgan fingerprint density at radius 2 is 0.930 bits per heavy atom. The summed E-state index contributed by atoms with van der Waals surface area (Å²) in [7, 11) is 0. The van der Waals surface area contributed by atoms with Gasteiger partial charge in [-0.15, -0.1) is 0 Å². The maximum absolute atomic E-state index is 6.57. The summed E-state index contributed by atoms with van der Waals surface area (Å²) >= 11 is 0. The number of fused-ring (bicyclic) bond motifs is 9. The van der Waals surface area contributed by atoms with Crippen molar-refractivity contribution < 1.29 is 4.42 Å². The molecule has 0 aliphatic heterocycles. The Morgan fingerprint density at radius 1 is 0.423 bits per heavy atom. The molecule has 0 N–H and O–H groups in total. The van der Waals surface area contributed by atoms with Gasteiger partial charge < -0.3 is 9.32 Å². The van der Waals surface area contributed by atoms with E-state index in [1.807, 2.05) is 13.0 Å². The number of hydrogen-bond acceptors (Lipinski definition) is 2.